The normalized spacial score (nSPS) is 13.2. The van der Waals surface area contributed by atoms with Crippen LogP contribution in [0.15, 0.2) is 0 Å². The number of carboxylic acid groups (broad SMARTS) is 5. The molecule has 0 rings (SSSR count). The molecule has 0 fully saturated rings. The van der Waals surface area contributed by atoms with E-state index in [1.165, 1.54) is 38.5 Å². The van der Waals surface area contributed by atoms with Gasteiger partial charge in [0.15, 0.2) is 0 Å². The molecule has 0 saturated heterocycles. The molecule has 0 aliphatic heterocycles. The molecule has 0 heterocycles. The van der Waals surface area contributed by atoms with Crippen LogP contribution in [0.3, 0.4) is 0 Å². The summed E-state index contributed by atoms with van der Waals surface area (Å²) in [5.74, 6) is -12.5. The highest BCUT2D eigenvalue weighted by Gasteiger charge is 2.28. The highest BCUT2D eigenvalue weighted by Crippen LogP contribution is 2.19. The van der Waals surface area contributed by atoms with E-state index in [1.807, 2.05) is 0 Å². The van der Waals surface area contributed by atoms with Crippen molar-refractivity contribution in [2.75, 3.05) is 6.54 Å². The van der Waals surface area contributed by atoms with Crippen LogP contribution in [-0.2, 0) is 52.7 Å². The summed E-state index contributed by atoms with van der Waals surface area (Å²) in [6, 6.07) is -3.00. The average Bonchev–Trinajstić information content (AvgIpc) is 3.27. The molecule has 10 N–H and O–H groups in total. The van der Waals surface area contributed by atoms with Gasteiger partial charge in [-0.2, -0.15) is 0 Å². The fraction of sp³-hybridized carbons (Fsp3) is 0.776. The lowest BCUT2D eigenvalue weighted by Gasteiger charge is -2.17. The number of primary amides is 1. The lowest BCUT2D eigenvalue weighted by atomic mass is 9.94. The smallest absolute Gasteiger partial charge is 0.326 e. The quantitative estimate of drug-likeness (QED) is 0.0301. The van der Waals surface area contributed by atoms with E-state index in [0.29, 0.717) is 32.2 Å². The summed E-state index contributed by atoms with van der Waals surface area (Å²) in [5, 5.41) is 54.4. The van der Waals surface area contributed by atoms with Crippen LogP contribution >= 0.6 is 0 Å². The van der Waals surface area contributed by atoms with Crippen LogP contribution in [0, 0.1) is 17.8 Å². The molecule has 5 atom stereocenters. The minimum Gasteiger partial charge on any atom is -0.481 e. The lowest BCUT2D eigenvalue weighted by Crippen LogP contribution is -2.42. The number of amides is 4. The topological polar surface area (TPSA) is 351 Å². The van der Waals surface area contributed by atoms with Crippen molar-refractivity contribution in [1.82, 2.24) is 16.0 Å². The molecule has 0 bridgehead atoms. The minimum absolute atomic E-state index is 0. The van der Waals surface area contributed by atoms with Crippen LogP contribution in [0.25, 0.3) is 0 Å². The maximum atomic E-state index is 12.7. The number of hydrogen-bond acceptors (Lipinski definition) is 11. The van der Waals surface area contributed by atoms with E-state index in [2.05, 4.69) is 16.0 Å². The van der Waals surface area contributed by atoms with Crippen molar-refractivity contribution in [1.29, 1.82) is 0 Å². The Bertz CT molecular complexity index is 1630. The van der Waals surface area contributed by atoms with Crippen molar-refractivity contribution in [2.24, 2.45) is 23.5 Å². The highest BCUT2D eigenvalue weighted by atomic mass is 16.4. The van der Waals surface area contributed by atoms with Gasteiger partial charge in [0, 0.05) is 65.3 Å². The van der Waals surface area contributed by atoms with Gasteiger partial charge < -0.3 is 47.2 Å². The van der Waals surface area contributed by atoms with E-state index >= 15 is 0 Å². The molecule has 396 valence electrons. The van der Waals surface area contributed by atoms with Crippen LogP contribution in [0.2, 0.25) is 0 Å². The fourth-order valence-corrected chi connectivity index (χ4v) is 7.73. The summed E-state index contributed by atoms with van der Waals surface area (Å²) in [6.07, 6.45) is 15.7. The Labute approximate surface area is 407 Å². The molecule has 20 heteroatoms. The van der Waals surface area contributed by atoms with E-state index in [-0.39, 0.29) is 64.5 Å². The van der Waals surface area contributed by atoms with Gasteiger partial charge >= 0.3 is 29.8 Å². The molecular formula is C49H84N4O16. The number of nitrogens with two attached hydrogens (primary N) is 1. The Morgan fingerprint density at radius 2 is 0.768 bits per heavy atom. The number of Topliss-reactive ketones (excluding diaryl/α,β-unsaturated/α-hetero) is 2. The molecule has 20 nitrogen and oxygen atoms in total. The molecule has 0 aromatic rings. The zero-order valence-corrected chi connectivity index (χ0v) is 40.8. The summed E-state index contributed by atoms with van der Waals surface area (Å²) < 4.78 is 0. The van der Waals surface area contributed by atoms with Gasteiger partial charge in [0.2, 0.25) is 23.6 Å². The number of carbonyl (C=O) groups excluding carboxylic acids is 6. The predicted octanol–water partition coefficient (Wildman–Crippen LogP) is 6.33. The van der Waals surface area contributed by atoms with Gasteiger partial charge in [-0.05, 0) is 51.4 Å². The van der Waals surface area contributed by atoms with Gasteiger partial charge in [-0.3, -0.25) is 43.2 Å². The van der Waals surface area contributed by atoms with E-state index in [4.69, 9.17) is 10.8 Å². The molecule has 69 heavy (non-hydrogen) atoms. The molecule has 0 radical (unpaired) electrons. The van der Waals surface area contributed by atoms with Gasteiger partial charge in [-0.15, -0.1) is 0 Å². The largest absolute Gasteiger partial charge is 0.481 e. The summed E-state index contributed by atoms with van der Waals surface area (Å²) in [4.78, 5) is 132. The van der Waals surface area contributed by atoms with Gasteiger partial charge in [0.05, 0.1) is 11.8 Å². The Morgan fingerprint density at radius 3 is 1.14 bits per heavy atom. The molecule has 0 aromatic carbocycles. The van der Waals surface area contributed by atoms with Crippen molar-refractivity contribution in [3.63, 3.8) is 0 Å². The SMILES string of the molecule is C[C@@H](CCCCNC(=O)CC[C@H](NC(=O)CC[C@H](CC(=O)CC[C@H](NC(=O)CC[C@H](CC(=O)CCCCCCCCCCCCCCCCCCC(=O)O)C(=O)O)C(=O)O)C(=O)O)C(=O)O)C(N)=O.[HH]. The summed E-state index contributed by atoms with van der Waals surface area (Å²) >= 11 is 0. The number of hydrogen-bond donors (Lipinski definition) is 9. The maximum Gasteiger partial charge on any atom is 0.326 e. The predicted molar refractivity (Wildman–Crippen MR) is 256 cm³/mol. The molecule has 4 amide bonds. The van der Waals surface area contributed by atoms with Crippen LogP contribution in [0.1, 0.15) is 207 Å². The van der Waals surface area contributed by atoms with Crippen LogP contribution < -0.4 is 21.7 Å². The Morgan fingerprint density at radius 1 is 0.406 bits per heavy atom. The molecule has 0 saturated carbocycles. The Kier molecular flexibility index (Phi) is 36.3. The van der Waals surface area contributed by atoms with Gasteiger partial charge in [-0.1, -0.05) is 103 Å². The first-order valence-corrected chi connectivity index (χ1v) is 25.0. The number of unbranched alkanes of at least 4 members (excludes halogenated alkanes) is 16. The highest BCUT2D eigenvalue weighted by molar-refractivity contribution is 5.88. The lowest BCUT2D eigenvalue weighted by molar-refractivity contribution is -0.145. The zero-order chi connectivity index (χ0) is 52.0. The number of rotatable bonds is 47. The third-order valence-corrected chi connectivity index (χ3v) is 12.2. The van der Waals surface area contributed by atoms with Gasteiger partial charge in [0.25, 0.3) is 0 Å². The van der Waals surface area contributed by atoms with Crippen molar-refractivity contribution in [3.8, 4) is 0 Å². The summed E-state index contributed by atoms with van der Waals surface area (Å²) in [6.45, 7) is 1.99. The number of nitrogens with one attached hydrogen (secondary N) is 3. The first-order valence-electron chi connectivity index (χ1n) is 25.0. The number of ketones is 2. The Hall–Kier alpha value is -5.43. The van der Waals surface area contributed by atoms with Gasteiger partial charge in [0.1, 0.15) is 23.7 Å². The maximum absolute atomic E-state index is 12.7. The van der Waals surface area contributed by atoms with Crippen molar-refractivity contribution in [3.05, 3.63) is 0 Å². The van der Waals surface area contributed by atoms with Crippen LogP contribution in [0.4, 0.5) is 0 Å². The first-order chi connectivity index (χ1) is 32.7. The fourth-order valence-electron chi connectivity index (χ4n) is 7.73. The molecule has 0 spiro atoms. The third kappa shape index (κ3) is 36.3. The first kappa shape index (κ1) is 63.6. The standard InChI is InChI=1S/C49H82N4O16.H2/c1-34(45(50)61)20-18-19-31-51-41(56)30-27-40(49(68)69)53-43(58)29-24-36(47(64)65)33-38(55)25-26-39(48(66)67)52-42(57)28-23-35(46(62)63)32-37(54)21-16-14-12-10-8-6-4-2-3-5-7-9-11-13-15-17-22-44(59)60;/h34-36,39-40H,2-33H2,1H3,(H2,50,61)(H,51,56)(H,52,57)(H,53,58)(H,59,60)(H,62,63)(H,64,65)(H,66,67)(H,68,69);1H/t34-,35+,36+,39-,40-;/m0./s1. The molecule has 0 unspecified atom stereocenters. The second-order valence-electron chi connectivity index (χ2n) is 18.3. The van der Waals surface area contributed by atoms with E-state index in [0.717, 1.165) is 57.8 Å². The van der Waals surface area contributed by atoms with Crippen molar-refractivity contribution in [2.45, 2.75) is 218 Å². The van der Waals surface area contributed by atoms with E-state index in [1.54, 1.807) is 6.92 Å². The second-order valence-corrected chi connectivity index (χ2v) is 18.3. The van der Waals surface area contributed by atoms with Crippen LogP contribution in [-0.4, -0.2) is 109 Å². The minimum atomic E-state index is -1.55. The third-order valence-electron chi connectivity index (χ3n) is 12.2. The second kappa shape index (κ2) is 39.4. The number of carboxylic acids is 5. The van der Waals surface area contributed by atoms with E-state index in [9.17, 15) is 73.2 Å². The molecule has 0 aromatic heterocycles. The molecular weight excluding hydrogens is 901 g/mol. The summed E-state index contributed by atoms with van der Waals surface area (Å²) in [7, 11) is 0. The molecule has 0 aliphatic rings. The average molecular weight is 985 g/mol. The monoisotopic (exact) mass is 985 g/mol. The summed E-state index contributed by atoms with van der Waals surface area (Å²) in [5.41, 5.74) is 5.22. The van der Waals surface area contributed by atoms with E-state index < -0.39 is 109 Å². The van der Waals surface area contributed by atoms with Gasteiger partial charge in [-0.25, -0.2) is 9.59 Å². The van der Waals surface area contributed by atoms with Crippen molar-refractivity contribution < 1.29 is 79.7 Å². The number of carbonyl (C=O) groups is 11. The molecule has 0 aliphatic carbocycles. The van der Waals surface area contributed by atoms with Crippen LogP contribution in [0.5, 0.6) is 0 Å². The van der Waals surface area contributed by atoms with Crippen molar-refractivity contribution >= 4 is 65.0 Å². The Balaban J connectivity index is 0. The number of aliphatic carboxylic acids is 5. The zero-order valence-electron chi connectivity index (χ0n) is 40.8.